The lowest BCUT2D eigenvalue weighted by atomic mass is 9.77. The Labute approximate surface area is 135 Å². The smallest absolute Gasteiger partial charge is 0.340 e. The summed E-state index contributed by atoms with van der Waals surface area (Å²) < 4.78 is 4.99. The van der Waals surface area contributed by atoms with E-state index in [1.54, 1.807) is 31.2 Å². The summed E-state index contributed by atoms with van der Waals surface area (Å²) in [5.41, 5.74) is 0.697. The molecule has 0 saturated carbocycles. The molecule has 0 bridgehead atoms. The molecule has 23 heavy (non-hydrogen) atoms. The molecule has 1 aromatic carbocycles. The van der Waals surface area contributed by atoms with Crippen molar-refractivity contribution in [2.24, 2.45) is 10.4 Å². The minimum atomic E-state index is -0.463. The van der Waals surface area contributed by atoms with Gasteiger partial charge in [-0.25, -0.2) is 4.79 Å². The molecule has 1 aliphatic carbocycles. The van der Waals surface area contributed by atoms with Gasteiger partial charge in [-0.05, 0) is 24.5 Å². The molecule has 0 radical (unpaired) electrons. The van der Waals surface area contributed by atoms with E-state index in [4.69, 9.17) is 4.74 Å². The van der Waals surface area contributed by atoms with E-state index in [1.807, 2.05) is 13.8 Å². The molecule has 122 valence electrons. The average molecular weight is 315 g/mol. The first-order valence-electron chi connectivity index (χ1n) is 7.59. The van der Waals surface area contributed by atoms with E-state index in [2.05, 4.69) is 4.99 Å². The first-order chi connectivity index (χ1) is 10.8. The number of ketones is 1. The van der Waals surface area contributed by atoms with Gasteiger partial charge in [-0.2, -0.15) is 0 Å². The Morgan fingerprint density at radius 3 is 2.70 bits per heavy atom. The van der Waals surface area contributed by atoms with Crippen molar-refractivity contribution in [3.8, 4) is 0 Å². The number of carbonyl (C=O) groups is 2. The third-order valence-corrected chi connectivity index (χ3v) is 3.63. The van der Waals surface area contributed by atoms with Crippen molar-refractivity contribution in [2.75, 3.05) is 6.61 Å². The van der Waals surface area contributed by atoms with Crippen LogP contribution in [0, 0.1) is 5.41 Å². The number of para-hydroxylation sites is 1. The maximum Gasteiger partial charge on any atom is 0.340 e. The quantitative estimate of drug-likeness (QED) is 0.678. The van der Waals surface area contributed by atoms with Gasteiger partial charge in [0.05, 0.1) is 23.4 Å². The number of aliphatic hydroxyl groups is 1. The van der Waals surface area contributed by atoms with E-state index in [1.165, 1.54) is 6.21 Å². The third kappa shape index (κ3) is 4.06. The Bertz CT molecular complexity index is 686. The van der Waals surface area contributed by atoms with Gasteiger partial charge >= 0.3 is 5.97 Å². The summed E-state index contributed by atoms with van der Waals surface area (Å²) >= 11 is 0. The van der Waals surface area contributed by atoms with Crippen LogP contribution in [0.4, 0.5) is 5.69 Å². The van der Waals surface area contributed by atoms with Gasteiger partial charge in [0, 0.05) is 19.1 Å². The largest absolute Gasteiger partial charge is 0.511 e. The van der Waals surface area contributed by atoms with Gasteiger partial charge < -0.3 is 9.84 Å². The van der Waals surface area contributed by atoms with Crippen molar-refractivity contribution in [3.63, 3.8) is 0 Å². The Kier molecular flexibility index (Phi) is 4.98. The van der Waals surface area contributed by atoms with E-state index >= 15 is 0 Å². The molecule has 1 N–H and O–H groups in total. The number of carbonyl (C=O) groups excluding carboxylic acids is 2. The van der Waals surface area contributed by atoms with E-state index in [0.717, 1.165) is 0 Å². The van der Waals surface area contributed by atoms with Crippen molar-refractivity contribution >= 4 is 23.7 Å². The number of rotatable bonds is 4. The van der Waals surface area contributed by atoms with Crippen molar-refractivity contribution in [1.29, 1.82) is 0 Å². The summed E-state index contributed by atoms with van der Waals surface area (Å²) in [6.45, 7) is 5.88. The molecule has 0 saturated heterocycles. The normalized spacial score (nSPS) is 17.6. The summed E-state index contributed by atoms with van der Waals surface area (Å²) in [5.74, 6) is -0.561. The van der Waals surface area contributed by atoms with E-state index < -0.39 is 5.97 Å². The van der Waals surface area contributed by atoms with E-state index in [0.29, 0.717) is 24.1 Å². The van der Waals surface area contributed by atoms with Gasteiger partial charge in [-0.1, -0.05) is 26.0 Å². The number of Topliss-reactive ketones (excluding diaryl/α,β-unsaturated/α-hetero) is 1. The third-order valence-electron chi connectivity index (χ3n) is 3.63. The molecule has 0 unspecified atom stereocenters. The molecule has 1 aliphatic rings. The fraction of sp³-hybridized carbons (Fsp3) is 0.389. The zero-order valence-corrected chi connectivity index (χ0v) is 13.6. The van der Waals surface area contributed by atoms with Crippen LogP contribution in [0.15, 0.2) is 40.6 Å². The standard InChI is InChI=1S/C18H21NO4/c1-4-23-17(22)12-7-5-6-8-14(12)19-11-13-15(20)9-18(2,3)10-16(13)21/h5-8,11,20H,4,9-10H2,1-3H3. The molecule has 0 fully saturated rings. The second-order valence-corrected chi connectivity index (χ2v) is 6.30. The lowest BCUT2D eigenvalue weighted by molar-refractivity contribution is -0.117. The minimum Gasteiger partial charge on any atom is -0.511 e. The number of aliphatic hydroxyl groups excluding tert-OH is 1. The summed E-state index contributed by atoms with van der Waals surface area (Å²) in [6, 6.07) is 6.74. The van der Waals surface area contributed by atoms with Crippen molar-refractivity contribution in [1.82, 2.24) is 0 Å². The molecule has 2 rings (SSSR count). The van der Waals surface area contributed by atoms with Crippen LogP contribution >= 0.6 is 0 Å². The molecule has 0 heterocycles. The maximum atomic E-state index is 12.2. The zero-order chi connectivity index (χ0) is 17.0. The fourth-order valence-electron chi connectivity index (χ4n) is 2.55. The Balaban J connectivity index is 2.31. The molecular weight excluding hydrogens is 294 g/mol. The Hall–Kier alpha value is -2.43. The second-order valence-electron chi connectivity index (χ2n) is 6.30. The number of aliphatic imine (C=N–C) groups is 1. The Morgan fingerprint density at radius 2 is 2.04 bits per heavy atom. The molecule has 0 amide bonds. The summed E-state index contributed by atoms with van der Waals surface area (Å²) in [7, 11) is 0. The summed E-state index contributed by atoms with van der Waals surface area (Å²) in [6.07, 6.45) is 2.13. The zero-order valence-electron chi connectivity index (χ0n) is 13.6. The monoisotopic (exact) mass is 315 g/mol. The molecular formula is C18H21NO4. The molecule has 5 nitrogen and oxygen atoms in total. The summed E-state index contributed by atoms with van der Waals surface area (Å²) in [4.78, 5) is 28.3. The topological polar surface area (TPSA) is 76.0 Å². The van der Waals surface area contributed by atoms with Gasteiger partial charge in [0.15, 0.2) is 5.78 Å². The average Bonchev–Trinajstić information content (AvgIpc) is 2.45. The lowest BCUT2D eigenvalue weighted by Gasteiger charge is -2.28. The fourth-order valence-corrected chi connectivity index (χ4v) is 2.55. The Morgan fingerprint density at radius 1 is 1.35 bits per heavy atom. The van der Waals surface area contributed by atoms with Gasteiger partial charge in [0.2, 0.25) is 0 Å². The number of ether oxygens (including phenoxy) is 1. The number of esters is 1. The maximum absolute atomic E-state index is 12.2. The highest BCUT2D eigenvalue weighted by molar-refractivity contribution is 6.15. The van der Waals surface area contributed by atoms with Crippen LogP contribution in [0.2, 0.25) is 0 Å². The molecule has 0 spiro atoms. The highest BCUT2D eigenvalue weighted by Gasteiger charge is 2.32. The van der Waals surface area contributed by atoms with Crippen LogP contribution < -0.4 is 0 Å². The van der Waals surface area contributed by atoms with Crippen molar-refractivity contribution < 1.29 is 19.4 Å². The van der Waals surface area contributed by atoms with Crippen LogP contribution in [-0.2, 0) is 9.53 Å². The SMILES string of the molecule is CCOC(=O)c1ccccc1N=CC1=C(O)CC(C)(C)CC1=O. The van der Waals surface area contributed by atoms with Crippen LogP contribution in [-0.4, -0.2) is 29.7 Å². The second kappa shape index (κ2) is 6.77. The van der Waals surface area contributed by atoms with E-state index in [-0.39, 0.29) is 29.1 Å². The minimum absolute atomic E-state index is 0.0450. The molecule has 0 aliphatic heterocycles. The number of allylic oxidation sites excluding steroid dienone is 2. The van der Waals surface area contributed by atoms with Gasteiger partial charge in [-0.3, -0.25) is 9.79 Å². The van der Waals surface area contributed by atoms with Crippen molar-refractivity contribution in [2.45, 2.75) is 33.6 Å². The van der Waals surface area contributed by atoms with Gasteiger partial charge in [-0.15, -0.1) is 0 Å². The number of hydrogen-bond donors (Lipinski definition) is 1. The van der Waals surface area contributed by atoms with Crippen LogP contribution in [0.5, 0.6) is 0 Å². The van der Waals surface area contributed by atoms with E-state index in [9.17, 15) is 14.7 Å². The van der Waals surface area contributed by atoms with Crippen LogP contribution in [0.25, 0.3) is 0 Å². The molecule has 1 aromatic rings. The van der Waals surface area contributed by atoms with Gasteiger partial charge in [0.1, 0.15) is 5.76 Å². The molecule has 0 atom stereocenters. The van der Waals surface area contributed by atoms with Crippen LogP contribution in [0.1, 0.15) is 44.0 Å². The number of hydrogen-bond acceptors (Lipinski definition) is 5. The lowest BCUT2D eigenvalue weighted by Crippen LogP contribution is -2.26. The summed E-state index contributed by atoms with van der Waals surface area (Å²) in [5, 5.41) is 10.1. The highest BCUT2D eigenvalue weighted by atomic mass is 16.5. The number of benzene rings is 1. The van der Waals surface area contributed by atoms with Gasteiger partial charge in [0.25, 0.3) is 0 Å². The predicted molar refractivity (Wildman–Crippen MR) is 88.2 cm³/mol. The van der Waals surface area contributed by atoms with Crippen LogP contribution in [0.3, 0.4) is 0 Å². The first-order valence-corrected chi connectivity index (χ1v) is 7.59. The first kappa shape index (κ1) is 16.9. The predicted octanol–water partition coefficient (Wildman–Crippen LogP) is 3.77. The molecule has 0 aromatic heterocycles. The van der Waals surface area contributed by atoms with Crippen molar-refractivity contribution in [3.05, 3.63) is 41.2 Å². The number of nitrogens with zero attached hydrogens (tertiary/aromatic N) is 1. The highest BCUT2D eigenvalue weighted by Crippen LogP contribution is 2.35. The molecule has 5 heteroatoms.